The van der Waals surface area contributed by atoms with Crippen LogP contribution in [0.3, 0.4) is 0 Å². The van der Waals surface area contributed by atoms with Crippen molar-refractivity contribution >= 4 is 5.91 Å². The number of carbonyl (C=O) groups is 1. The number of benzene rings is 1. The molecule has 1 aromatic carbocycles. The molecule has 0 atom stereocenters. The maximum Gasteiger partial charge on any atom is 0.249 e. The minimum Gasteiger partial charge on any atom is -0.366 e. The van der Waals surface area contributed by atoms with Crippen molar-refractivity contribution < 1.29 is 4.79 Å². The van der Waals surface area contributed by atoms with Gasteiger partial charge in [0, 0.05) is 31.2 Å². The van der Waals surface area contributed by atoms with Crippen molar-refractivity contribution in [3.05, 3.63) is 35.4 Å². The highest BCUT2D eigenvalue weighted by molar-refractivity contribution is 5.94. The molecule has 3 N–H and O–H groups in total. The van der Waals surface area contributed by atoms with Gasteiger partial charge in [-0.1, -0.05) is 18.2 Å². The van der Waals surface area contributed by atoms with Crippen molar-refractivity contribution in [1.29, 1.82) is 0 Å². The van der Waals surface area contributed by atoms with Crippen molar-refractivity contribution in [3.63, 3.8) is 0 Å². The van der Waals surface area contributed by atoms with Crippen molar-refractivity contribution in [2.75, 3.05) is 20.1 Å². The second-order valence-corrected chi connectivity index (χ2v) is 4.25. The van der Waals surface area contributed by atoms with Crippen LogP contribution in [-0.4, -0.2) is 37.0 Å². The molecule has 4 heteroatoms. The van der Waals surface area contributed by atoms with E-state index in [4.69, 9.17) is 5.73 Å². The maximum atomic E-state index is 11.2. The van der Waals surface area contributed by atoms with Gasteiger partial charge in [0.25, 0.3) is 0 Å². The van der Waals surface area contributed by atoms with Crippen LogP contribution < -0.4 is 11.1 Å². The number of hydrogen-bond donors (Lipinski definition) is 2. The van der Waals surface area contributed by atoms with Crippen LogP contribution in [0, 0.1) is 0 Å². The lowest BCUT2D eigenvalue weighted by molar-refractivity contribution is 0.0997. The standard InChI is InChI=1S/C12H17N3O/c1-15(10-6-14-7-10)8-9-4-2-3-5-11(9)12(13)16/h2-5,10,14H,6-8H2,1H3,(H2,13,16). The van der Waals surface area contributed by atoms with Crippen LogP contribution in [0.5, 0.6) is 0 Å². The third-order valence-electron chi connectivity index (χ3n) is 3.09. The normalized spacial score (nSPS) is 16.1. The molecule has 1 aromatic rings. The second kappa shape index (κ2) is 4.63. The summed E-state index contributed by atoms with van der Waals surface area (Å²) in [6.45, 7) is 2.82. The minimum atomic E-state index is -0.351. The number of nitrogens with two attached hydrogens (primary N) is 1. The van der Waals surface area contributed by atoms with Crippen LogP contribution in [0.15, 0.2) is 24.3 Å². The first-order valence-electron chi connectivity index (χ1n) is 5.47. The highest BCUT2D eigenvalue weighted by Crippen LogP contribution is 2.13. The zero-order chi connectivity index (χ0) is 11.5. The summed E-state index contributed by atoms with van der Waals surface area (Å²) in [6, 6.07) is 8.09. The number of primary amides is 1. The van der Waals surface area contributed by atoms with Crippen molar-refractivity contribution in [3.8, 4) is 0 Å². The zero-order valence-corrected chi connectivity index (χ0v) is 9.44. The lowest BCUT2D eigenvalue weighted by atomic mass is 10.0. The van der Waals surface area contributed by atoms with Gasteiger partial charge in [-0.25, -0.2) is 0 Å². The highest BCUT2D eigenvalue weighted by atomic mass is 16.1. The van der Waals surface area contributed by atoms with Gasteiger partial charge in [0.1, 0.15) is 0 Å². The van der Waals surface area contributed by atoms with Crippen LogP contribution in [0.1, 0.15) is 15.9 Å². The zero-order valence-electron chi connectivity index (χ0n) is 9.44. The monoisotopic (exact) mass is 219 g/mol. The molecular formula is C12H17N3O. The largest absolute Gasteiger partial charge is 0.366 e. The van der Waals surface area contributed by atoms with Crippen molar-refractivity contribution in [2.45, 2.75) is 12.6 Å². The molecule has 0 unspecified atom stereocenters. The molecule has 1 amide bonds. The summed E-state index contributed by atoms with van der Waals surface area (Å²) in [7, 11) is 2.07. The van der Waals surface area contributed by atoms with E-state index in [1.54, 1.807) is 6.07 Å². The summed E-state index contributed by atoms with van der Waals surface area (Å²) in [5, 5.41) is 3.23. The van der Waals surface area contributed by atoms with Gasteiger partial charge in [-0.15, -0.1) is 0 Å². The van der Waals surface area contributed by atoms with Crippen LogP contribution in [0.25, 0.3) is 0 Å². The van der Waals surface area contributed by atoms with Crippen LogP contribution in [0.4, 0.5) is 0 Å². The lowest BCUT2D eigenvalue weighted by Gasteiger charge is -2.35. The SMILES string of the molecule is CN(Cc1ccccc1C(N)=O)C1CNC1. The molecule has 0 spiro atoms. The number of likely N-dealkylation sites (N-methyl/N-ethyl adjacent to an activating group) is 1. The van der Waals surface area contributed by atoms with Gasteiger partial charge in [0.2, 0.25) is 5.91 Å². The molecule has 86 valence electrons. The molecule has 0 bridgehead atoms. The summed E-state index contributed by atoms with van der Waals surface area (Å²) < 4.78 is 0. The van der Waals surface area contributed by atoms with E-state index in [1.165, 1.54) is 0 Å². The summed E-state index contributed by atoms with van der Waals surface area (Å²) >= 11 is 0. The van der Waals surface area contributed by atoms with Gasteiger partial charge in [0.05, 0.1) is 0 Å². The Bertz CT molecular complexity index is 388. The van der Waals surface area contributed by atoms with Gasteiger partial charge < -0.3 is 11.1 Å². The van der Waals surface area contributed by atoms with Gasteiger partial charge in [-0.3, -0.25) is 9.69 Å². The Balaban J connectivity index is 2.10. The van der Waals surface area contributed by atoms with Gasteiger partial charge in [-0.2, -0.15) is 0 Å². The number of hydrogen-bond acceptors (Lipinski definition) is 3. The van der Waals surface area contributed by atoms with E-state index in [9.17, 15) is 4.79 Å². The summed E-state index contributed by atoms with van der Waals surface area (Å²) in [5.74, 6) is -0.351. The van der Waals surface area contributed by atoms with Crippen molar-refractivity contribution in [1.82, 2.24) is 10.2 Å². The quantitative estimate of drug-likeness (QED) is 0.760. The smallest absolute Gasteiger partial charge is 0.249 e. The molecule has 1 aliphatic heterocycles. The van der Waals surface area contributed by atoms with E-state index in [0.717, 1.165) is 25.2 Å². The van der Waals surface area contributed by atoms with E-state index in [2.05, 4.69) is 17.3 Å². The molecule has 0 aromatic heterocycles. The van der Waals surface area contributed by atoms with Crippen LogP contribution in [0.2, 0.25) is 0 Å². The molecule has 1 heterocycles. The fraction of sp³-hybridized carbons (Fsp3) is 0.417. The van der Waals surface area contributed by atoms with Crippen LogP contribution >= 0.6 is 0 Å². The van der Waals surface area contributed by atoms with Gasteiger partial charge >= 0.3 is 0 Å². The molecule has 2 rings (SSSR count). The number of amides is 1. The number of rotatable bonds is 4. The van der Waals surface area contributed by atoms with Crippen molar-refractivity contribution in [2.24, 2.45) is 5.73 Å². The number of nitrogens with one attached hydrogen (secondary N) is 1. The molecule has 16 heavy (non-hydrogen) atoms. The first-order valence-corrected chi connectivity index (χ1v) is 5.47. The fourth-order valence-corrected chi connectivity index (χ4v) is 1.88. The Morgan fingerprint density at radius 2 is 2.19 bits per heavy atom. The third kappa shape index (κ3) is 2.23. The highest BCUT2D eigenvalue weighted by Gasteiger charge is 2.22. The average molecular weight is 219 g/mol. The predicted octanol–water partition coefficient (Wildman–Crippen LogP) is 0.189. The molecule has 1 aliphatic rings. The Kier molecular flexibility index (Phi) is 3.22. The number of nitrogens with zero attached hydrogens (tertiary/aromatic N) is 1. The van der Waals surface area contributed by atoms with Gasteiger partial charge in [0.15, 0.2) is 0 Å². The molecule has 0 aliphatic carbocycles. The summed E-state index contributed by atoms with van der Waals surface area (Å²) in [6.07, 6.45) is 0. The van der Waals surface area contributed by atoms with E-state index in [1.807, 2.05) is 18.2 Å². The summed E-state index contributed by atoms with van der Waals surface area (Å²) in [4.78, 5) is 13.5. The van der Waals surface area contributed by atoms with E-state index in [-0.39, 0.29) is 5.91 Å². The third-order valence-corrected chi connectivity index (χ3v) is 3.09. The van der Waals surface area contributed by atoms with E-state index >= 15 is 0 Å². The van der Waals surface area contributed by atoms with E-state index < -0.39 is 0 Å². The van der Waals surface area contributed by atoms with Gasteiger partial charge in [-0.05, 0) is 18.7 Å². The first kappa shape index (κ1) is 11.1. The molecular weight excluding hydrogens is 202 g/mol. The maximum absolute atomic E-state index is 11.2. The molecule has 0 saturated carbocycles. The first-order chi connectivity index (χ1) is 7.68. The number of carbonyl (C=O) groups excluding carboxylic acids is 1. The van der Waals surface area contributed by atoms with Crippen LogP contribution in [-0.2, 0) is 6.54 Å². The minimum absolute atomic E-state index is 0.351. The summed E-state index contributed by atoms with van der Waals surface area (Å²) in [5.41, 5.74) is 6.97. The Morgan fingerprint density at radius 1 is 1.50 bits per heavy atom. The van der Waals surface area contributed by atoms with E-state index in [0.29, 0.717) is 11.6 Å². The average Bonchev–Trinajstić information content (AvgIpc) is 2.15. The fourth-order valence-electron chi connectivity index (χ4n) is 1.88. The molecule has 0 radical (unpaired) electrons. The molecule has 1 saturated heterocycles. The Labute approximate surface area is 95.4 Å². The lowest BCUT2D eigenvalue weighted by Crippen LogP contribution is -2.55. The predicted molar refractivity (Wildman–Crippen MR) is 63.1 cm³/mol. The second-order valence-electron chi connectivity index (χ2n) is 4.25. The Morgan fingerprint density at radius 3 is 2.75 bits per heavy atom. The topological polar surface area (TPSA) is 58.4 Å². The molecule has 1 fully saturated rings. The molecule has 4 nitrogen and oxygen atoms in total. The Hall–Kier alpha value is -1.39.